The van der Waals surface area contributed by atoms with Gasteiger partial charge in [0.25, 0.3) is 0 Å². The summed E-state index contributed by atoms with van der Waals surface area (Å²) in [6.45, 7) is 5.65. The number of hydrogen-bond donors (Lipinski definition) is 3. The van der Waals surface area contributed by atoms with Crippen LogP contribution >= 0.6 is 0 Å². The number of carboxylic acid groups (broad SMARTS) is 1. The molecule has 0 aliphatic rings. The molecule has 1 amide bonds. The van der Waals surface area contributed by atoms with Gasteiger partial charge in [-0.25, -0.2) is 9.59 Å². The summed E-state index contributed by atoms with van der Waals surface area (Å²) in [4.78, 5) is 36.8. The number of carbonyl (C=O) groups excluding carboxylic acids is 1. The number of amides is 1. The largest absolute Gasteiger partial charge is 0.508 e. The van der Waals surface area contributed by atoms with Crippen LogP contribution in [0.25, 0.3) is 21.9 Å². The summed E-state index contributed by atoms with van der Waals surface area (Å²) in [5, 5.41) is 23.1. The minimum Gasteiger partial charge on any atom is -0.508 e. The van der Waals surface area contributed by atoms with Crippen LogP contribution in [0.4, 0.5) is 0 Å². The van der Waals surface area contributed by atoms with Crippen LogP contribution in [-0.4, -0.2) is 28.1 Å². The van der Waals surface area contributed by atoms with Gasteiger partial charge in [0.15, 0.2) is 0 Å². The highest BCUT2D eigenvalue weighted by atomic mass is 16.4. The lowest BCUT2D eigenvalue weighted by atomic mass is 10.00. The Morgan fingerprint density at radius 3 is 2.29 bits per heavy atom. The summed E-state index contributed by atoms with van der Waals surface area (Å²) in [5.74, 6) is -0.787. The van der Waals surface area contributed by atoms with E-state index in [0.717, 1.165) is 27.7 Å². The predicted octanol–water partition coefficient (Wildman–Crippen LogP) is 3.91. The normalized spacial score (nSPS) is 12.2. The van der Waals surface area contributed by atoms with Gasteiger partial charge in [-0.3, -0.25) is 4.79 Å². The lowest BCUT2D eigenvalue weighted by Gasteiger charge is -2.15. The predicted molar refractivity (Wildman–Crippen MR) is 126 cm³/mol. The highest BCUT2D eigenvalue weighted by Gasteiger charge is 2.21. The van der Waals surface area contributed by atoms with Crippen molar-refractivity contribution in [1.29, 1.82) is 0 Å². The third-order valence-electron chi connectivity index (χ3n) is 6.19. The number of fused-ring (bicyclic) bond motifs is 2. The number of aryl methyl sites for hydroxylation is 3. The summed E-state index contributed by atoms with van der Waals surface area (Å²) in [6.07, 6.45) is 0.115. The topological polar surface area (TPSA) is 130 Å². The van der Waals surface area contributed by atoms with Crippen molar-refractivity contribution in [1.82, 2.24) is 5.32 Å². The third-order valence-corrected chi connectivity index (χ3v) is 6.19. The zero-order valence-corrected chi connectivity index (χ0v) is 19.1. The number of aliphatic carboxylic acids is 1. The summed E-state index contributed by atoms with van der Waals surface area (Å²) >= 11 is 0. The zero-order chi connectivity index (χ0) is 24.6. The number of hydrogen-bond acceptors (Lipinski definition) is 6. The Bertz CT molecular complexity index is 1460. The van der Waals surface area contributed by atoms with Crippen molar-refractivity contribution in [2.45, 2.75) is 46.1 Å². The molecule has 8 heteroatoms. The van der Waals surface area contributed by atoms with Gasteiger partial charge < -0.3 is 24.4 Å². The fourth-order valence-electron chi connectivity index (χ4n) is 4.09. The van der Waals surface area contributed by atoms with Crippen LogP contribution in [0.2, 0.25) is 0 Å². The molecule has 34 heavy (non-hydrogen) atoms. The molecule has 0 saturated heterocycles. The van der Waals surface area contributed by atoms with E-state index in [1.54, 1.807) is 18.2 Å². The van der Waals surface area contributed by atoms with Gasteiger partial charge in [-0.05, 0) is 62.1 Å². The van der Waals surface area contributed by atoms with Crippen LogP contribution in [0.5, 0.6) is 5.75 Å². The van der Waals surface area contributed by atoms with Crippen LogP contribution in [0.15, 0.2) is 50.0 Å². The van der Waals surface area contributed by atoms with Crippen molar-refractivity contribution in [3.05, 3.63) is 74.8 Å². The minimum atomic E-state index is -1.17. The molecule has 0 unspecified atom stereocenters. The first-order chi connectivity index (χ1) is 16.1. The van der Waals surface area contributed by atoms with Gasteiger partial charge in [-0.1, -0.05) is 12.1 Å². The van der Waals surface area contributed by atoms with E-state index in [9.17, 15) is 24.6 Å². The van der Waals surface area contributed by atoms with Crippen LogP contribution in [0, 0.1) is 20.8 Å². The molecule has 4 rings (SSSR count). The smallest absolute Gasteiger partial charge is 0.339 e. The molecule has 0 aliphatic carbocycles. The summed E-state index contributed by atoms with van der Waals surface area (Å²) in [6, 6.07) is 8.61. The van der Waals surface area contributed by atoms with E-state index >= 15 is 0 Å². The lowest BCUT2D eigenvalue weighted by molar-refractivity contribution is -0.141. The van der Waals surface area contributed by atoms with E-state index in [4.69, 9.17) is 8.83 Å². The first-order valence-corrected chi connectivity index (χ1v) is 10.9. The molecule has 0 radical (unpaired) electrons. The number of carboxylic acids is 1. The minimum absolute atomic E-state index is 0.0669. The van der Waals surface area contributed by atoms with E-state index in [0.29, 0.717) is 22.3 Å². The molecule has 0 spiro atoms. The van der Waals surface area contributed by atoms with E-state index in [1.807, 2.05) is 26.8 Å². The van der Waals surface area contributed by atoms with Crippen molar-refractivity contribution < 1.29 is 28.6 Å². The van der Waals surface area contributed by atoms with Crippen molar-refractivity contribution in [2.24, 2.45) is 0 Å². The van der Waals surface area contributed by atoms with Gasteiger partial charge in [0, 0.05) is 35.2 Å². The lowest BCUT2D eigenvalue weighted by Crippen LogP contribution is -2.42. The number of nitrogens with one attached hydrogen (secondary N) is 1. The number of benzene rings is 2. The number of aromatic hydroxyl groups is 1. The molecule has 2 aromatic heterocycles. The molecule has 0 aliphatic heterocycles. The maximum atomic E-state index is 12.6. The number of furan rings is 1. The number of phenolic OH excluding ortho intramolecular Hbond substituents is 1. The fraction of sp³-hybridized carbons (Fsp3) is 0.269. The average Bonchev–Trinajstić information content (AvgIpc) is 3.06. The standard InChI is InChI=1S/C26H25NO7/c1-13-15(3)33-22-12-23-20(11-19(13)22)14(2)18(26(32)34-23)8-9-24(29)27-21(25(30)31)10-16-4-6-17(28)7-5-16/h4-7,11-12,21,28H,8-10H2,1-3H3,(H,27,29)(H,30,31)/t21-/m0/s1. The van der Waals surface area contributed by atoms with Gasteiger partial charge in [0.1, 0.15) is 28.7 Å². The number of carbonyl (C=O) groups is 2. The van der Waals surface area contributed by atoms with Gasteiger partial charge in [-0.2, -0.15) is 0 Å². The molecular formula is C26H25NO7. The monoisotopic (exact) mass is 463 g/mol. The Labute approximate surface area is 194 Å². The molecule has 0 bridgehead atoms. The first-order valence-electron chi connectivity index (χ1n) is 10.9. The second-order valence-corrected chi connectivity index (χ2v) is 8.45. The summed E-state index contributed by atoms with van der Waals surface area (Å²) in [7, 11) is 0. The maximum Gasteiger partial charge on any atom is 0.339 e. The van der Waals surface area contributed by atoms with Gasteiger partial charge in [0.2, 0.25) is 5.91 Å². The Balaban J connectivity index is 1.52. The Hall–Kier alpha value is -4.07. The van der Waals surface area contributed by atoms with Gasteiger partial charge in [-0.15, -0.1) is 0 Å². The summed E-state index contributed by atoms with van der Waals surface area (Å²) in [5.41, 5.74) is 3.30. The molecule has 3 N–H and O–H groups in total. The highest BCUT2D eigenvalue weighted by Crippen LogP contribution is 2.31. The Morgan fingerprint density at radius 1 is 0.971 bits per heavy atom. The maximum absolute atomic E-state index is 12.6. The summed E-state index contributed by atoms with van der Waals surface area (Å²) < 4.78 is 11.2. The van der Waals surface area contributed by atoms with Crippen LogP contribution in [0.1, 0.15) is 34.4 Å². The van der Waals surface area contributed by atoms with Crippen molar-refractivity contribution in [3.8, 4) is 5.75 Å². The number of rotatable bonds is 7. The first kappa shape index (κ1) is 23.1. The molecule has 1 atom stereocenters. The molecule has 0 fully saturated rings. The molecule has 4 aromatic rings. The Morgan fingerprint density at radius 2 is 1.62 bits per heavy atom. The second-order valence-electron chi connectivity index (χ2n) is 8.45. The molecule has 8 nitrogen and oxygen atoms in total. The zero-order valence-electron chi connectivity index (χ0n) is 19.1. The van der Waals surface area contributed by atoms with E-state index < -0.39 is 23.5 Å². The third kappa shape index (κ3) is 4.52. The van der Waals surface area contributed by atoms with Crippen LogP contribution in [-0.2, 0) is 22.4 Å². The quantitative estimate of drug-likeness (QED) is 0.354. The van der Waals surface area contributed by atoms with Gasteiger partial charge in [0.05, 0.1) is 0 Å². The molecular weight excluding hydrogens is 438 g/mol. The van der Waals surface area contributed by atoms with Crippen LogP contribution < -0.4 is 10.9 Å². The fourth-order valence-corrected chi connectivity index (χ4v) is 4.09. The Kier molecular flexibility index (Phi) is 6.15. The number of phenols is 1. The average molecular weight is 463 g/mol. The van der Waals surface area contributed by atoms with Crippen molar-refractivity contribution in [3.63, 3.8) is 0 Å². The highest BCUT2D eigenvalue weighted by molar-refractivity contribution is 5.96. The van der Waals surface area contributed by atoms with E-state index in [1.165, 1.54) is 12.1 Å². The van der Waals surface area contributed by atoms with E-state index in [2.05, 4.69) is 5.32 Å². The van der Waals surface area contributed by atoms with Crippen molar-refractivity contribution in [2.75, 3.05) is 0 Å². The van der Waals surface area contributed by atoms with Crippen molar-refractivity contribution >= 4 is 33.8 Å². The molecule has 176 valence electrons. The van der Waals surface area contributed by atoms with Crippen LogP contribution in [0.3, 0.4) is 0 Å². The van der Waals surface area contributed by atoms with E-state index in [-0.39, 0.29) is 25.0 Å². The molecule has 0 saturated carbocycles. The molecule has 2 heterocycles. The second kappa shape index (κ2) is 9.05. The van der Waals surface area contributed by atoms with Gasteiger partial charge >= 0.3 is 11.6 Å². The SMILES string of the molecule is Cc1oc2cc3oc(=O)c(CCC(=O)N[C@@H](Cc4ccc(O)cc4)C(=O)O)c(C)c3cc2c1C. The molecule has 2 aromatic carbocycles.